The van der Waals surface area contributed by atoms with Crippen molar-refractivity contribution in [2.24, 2.45) is 0 Å². The van der Waals surface area contributed by atoms with Crippen LogP contribution in [0.15, 0.2) is 41.3 Å². The zero-order chi connectivity index (χ0) is 19.5. The molecule has 2 aromatic rings. The second-order valence-corrected chi connectivity index (χ2v) is 8.64. The minimum atomic E-state index is -4.36. The predicted molar refractivity (Wildman–Crippen MR) is 105 cm³/mol. The van der Waals surface area contributed by atoms with Crippen LogP contribution < -0.4 is 9.47 Å². The maximum absolute atomic E-state index is 12.1. The Bertz CT molecular complexity index is 904. The highest BCUT2D eigenvalue weighted by Gasteiger charge is 2.21. The Kier molecular flexibility index (Phi) is 6.64. The summed E-state index contributed by atoms with van der Waals surface area (Å²) >= 11 is 2.17. The molecular formula is C18H19IO6S. The lowest BCUT2D eigenvalue weighted by molar-refractivity contribution is -0.136. The van der Waals surface area contributed by atoms with Gasteiger partial charge in [-0.3, -0.25) is 4.55 Å². The van der Waals surface area contributed by atoms with Gasteiger partial charge in [-0.25, -0.2) is 4.79 Å². The highest BCUT2D eigenvalue weighted by Crippen LogP contribution is 2.31. The van der Waals surface area contributed by atoms with Crippen LogP contribution in [0.25, 0.3) is 0 Å². The quantitative estimate of drug-likeness (QED) is 0.286. The largest absolute Gasteiger partial charge is 0.482 e. The van der Waals surface area contributed by atoms with Crippen molar-refractivity contribution in [2.45, 2.75) is 31.6 Å². The molecule has 2 rings (SSSR count). The maximum atomic E-state index is 12.1. The van der Waals surface area contributed by atoms with Gasteiger partial charge in [0.25, 0.3) is 10.1 Å². The third-order valence-corrected chi connectivity index (χ3v) is 5.23. The van der Waals surface area contributed by atoms with E-state index in [0.29, 0.717) is 16.9 Å². The number of carbonyl (C=O) groups is 1. The van der Waals surface area contributed by atoms with Gasteiger partial charge in [0.1, 0.15) is 11.5 Å². The van der Waals surface area contributed by atoms with Gasteiger partial charge in [-0.2, -0.15) is 8.42 Å². The fourth-order valence-corrected chi connectivity index (χ4v) is 3.56. The molecule has 0 bridgehead atoms. The lowest BCUT2D eigenvalue weighted by Gasteiger charge is -2.15. The Labute approximate surface area is 166 Å². The zero-order valence-electron chi connectivity index (χ0n) is 14.5. The van der Waals surface area contributed by atoms with Gasteiger partial charge in [0.2, 0.25) is 0 Å². The summed E-state index contributed by atoms with van der Waals surface area (Å²) in [5.41, 5.74) is 0.795. The van der Waals surface area contributed by atoms with E-state index in [-0.39, 0.29) is 23.2 Å². The van der Waals surface area contributed by atoms with Crippen molar-refractivity contribution in [1.29, 1.82) is 0 Å². The van der Waals surface area contributed by atoms with E-state index < -0.39 is 16.1 Å². The van der Waals surface area contributed by atoms with E-state index in [2.05, 4.69) is 22.6 Å². The van der Waals surface area contributed by atoms with Crippen molar-refractivity contribution >= 4 is 38.7 Å². The van der Waals surface area contributed by atoms with Crippen LogP contribution in [0.2, 0.25) is 0 Å². The summed E-state index contributed by atoms with van der Waals surface area (Å²) in [6.45, 7) is 4.88. The molecule has 0 spiro atoms. The first-order chi connectivity index (χ1) is 12.1. The van der Waals surface area contributed by atoms with Crippen LogP contribution in [0.4, 0.5) is 0 Å². The first kappa shape index (κ1) is 20.7. The number of hydrogen-bond acceptors (Lipinski definition) is 5. The lowest BCUT2D eigenvalue weighted by atomic mass is 10.0. The lowest BCUT2D eigenvalue weighted by Crippen LogP contribution is -2.18. The molecule has 0 unspecified atom stereocenters. The Hall–Kier alpha value is -1.65. The molecule has 0 aliphatic heterocycles. The van der Waals surface area contributed by atoms with Gasteiger partial charge in [0.15, 0.2) is 6.61 Å². The summed E-state index contributed by atoms with van der Waals surface area (Å²) in [5, 5.41) is 0. The summed E-state index contributed by atoms with van der Waals surface area (Å²) in [6.07, 6.45) is 0. The molecule has 1 N–H and O–H groups in total. The summed E-state index contributed by atoms with van der Waals surface area (Å²) < 4.78 is 44.2. The number of carbonyl (C=O) groups excluding carboxylic acids is 1. The highest BCUT2D eigenvalue weighted by atomic mass is 127. The maximum Gasteiger partial charge on any atom is 0.349 e. The van der Waals surface area contributed by atoms with Gasteiger partial charge >= 0.3 is 5.97 Å². The van der Waals surface area contributed by atoms with E-state index in [1.807, 2.05) is 12.1 Å². The standard InChI is InChI=1S/C18H19IO6S/c1-11(2)15-9-16(12(3)8-17(15)26(21,22)23)25-18(20)10-24-14-6-4-13(19)5-7-14/h4-9,11H,10H2,1-3H3,(H,21,22,23). The molecule has 0 atom stereocenters. The second kappa shape index (κ2) is 8.36. The summed E-state index contributed by atoms with van der Waals surface area (Å²) in [6, 6.07) is 9.97. The monoisotopic (exact) mass is 490 g/mol. The van der Waals surface area contributed by atoms with Crippen LogP contribution in [0.5, 0.6) is 11.5 Å². The normalized spacial score (nSPS) is 11.5. The van der Waals surface area contributed by atoms with Crippen molar-refractivity contribution in [3.63, 3.8) is 0 Å². The zero-order valence-corrected chi connectivity index (χ0v) is 17.5. The molecule has 0 fully saturated rings. The van der Waals surface area contributed by atoms with Crippen LogP contribution in [0.1, 0.15) is 30.9 Å². The number of aryl methyl sites for hydroxylation is 1. The van der Waals surface area contributed by atoms with Crippen LogP contribution in [0, 0.1) is 10.5 Å². The molecule has 140 valence electrons. The topological polar surface area (TPSA) is 89.9 Å². The number of benzene rings is 2. The Morgan fingerprint density at radius 1 is 1.19 bits per heavy atom. The Morgan fingerprint density at radius 3 is 2.35 bits per heavy atom. The van der Waals surface area contributed by atoms with E-state index >= 15 is 0 Å². The summed E-state index contributed by atoms with van der Waals surface area (Å²) in [7, 11) is -4.36. The van der Waals surface area contributed by atoms with Gasteiger partial charge < -0.3 is 9.47 Å². The van der Waals surface area contributed by atoms with Crippen molar-refractivity contribution in [3.8, 4) is 11.5 Å². The molecule has 0 aliphatic rings. The predicted octanol–water partition coefficient (Wildman–Crippen LogP) is 3.95. The van der Waals surface area contributed by atoms with Crippen LogP contribution in [-0.4, -0.2) is 25.5 Å². The Balaban J connectivity index is 2.16. The number of hydrogen-bond donors (Lipinski definition) is 1. The minimum Gasteiger partial charge on any atom is -0.482 e. The average Bonchev–Trinajstić information content (AvgIpc) is 2.54. The number of rotatable bonds is 6. The van der Waals surface area contributed by atoms with Crippen molar-refractivity contribution in [2.75, 3.05) is 6.61 Å². The molecule has 26 heavy (non-hydrogen) atoms. The van der Waals surface area contributed by atoms with Gasteiger partial charge in [-0.15, -0.1) is 0 Å². The van der Waals surface area contributed by atoms with E-state index in [0.717, 1.165) is 3.57 Å². The minimum absolute atomic E-state index is 0.181. The first-order valence-electron chi connectivity index (χ1n) is 7.79. The molecule has 0 saturated carbocycles. The van der Waals surface area contributed by atoms with Gasteiger partial charge in [0.05, 0.1) is 4.90 Å². The number of halogens is 1. The average molecular weight is 490 g/mol. The smallest absolute Gasteiger partial charge is 0.349 e. The van der Waals surface area contributed by atoms with E-state index in [1.54, 1.807) is 32.9 Å². The van der Waals surface area contributed by atoms with Gasteiger partial charge in [-0.1, -0.05) is 13.8 Å². The van der Waals surface area contributed by atoms with E-state index in [1.165, 1.54) is 12.1 Å². The molecule has 6 nitrogen and oxygen atoms in total. The van der Waals surface area contributed by atoms with Gasteiger partial charge in [0, 0.05) is 3.57 Å². The molecule has 8 heteroatoms. The molecule has 2 aromatic carbocycles. The summed E-state index contributed by atoms with van der Waals surface area (Å²) in [5.74, 6) is -0.0185. The van der Waals surface area contributed by atoms with Crippen molar-refractivity contribution in [3.05, 3.63) is 51.1 Å². The molecule has 0 amide bonds. The highest BCUT2D eigenvalue weighted by molar-refractivity contribution is 14.1. The Morgan fingerprint density at radius 2 is 1.81 bits per heavy atom. The van der Waals surface area contributed by atoms with Crippen LogP contribution in [0.3, 0.4) is 0 Å². The van der Waals surface area contributed by atoms with Gasteiger partial charge in [-0.05, 0) is 83.0 Å². The molecular weight excluding hydrogens is 471 g/mol. The molecule has 0 heterocycles. The number of ether oxygens (including phenoxy) is 2. The second-order valence-electron chi connectivity index (χ2n) is 6.00. The first-order valence-corrected chi connectivity index (χ1v) is 10.3. The number of esters is 1. The van der Waals surface area contributed by atoms with E-state index in [4.69, 9.17) is 9.47 Å². The molecule has 0 saturated heterocycles. The SMILES string of the molecule is Cc1cc(S(=O)(=O)O)c(C(C)C)cc1OC(=O)COc1ccc(I)cc1. The third kappa shape index (κ3) is 5.42. The molecule has 0 aromatic heterocycles. The molecule has 0 radical (unpaired) electrons. The van der Waals surface area contributed by atoms with Crippen LogP contribution >= 0.6 is 22.6 Å². The van der Waals surface area contributed by atoms with Crippen molar-refractivity contribution < 1.29 is 27.2 Å². The van der Waals surface area contributed by atoms with E-state index in [9.17, 15) is 17.8 Å². The molecule has 0 aliphatic carbocycles. The fraction of sp³-hybridized carbons (Fsp3) is 0.278. The fourth-order valence-electron chi connectivity index (χ4n) is 2.29. The van der Waals surface area contributed by atoms with Crippen LogP contribution in [-0.2, 0) is 14.9 Å². The van der Waals surface area contributed by atoms with Crippen molar-refractivity contribution in [1.82, 2.24) is 0 Å². The third-order valence-electron chi connectivity index (χ3n) is 3.60. The summed E-state index contributed by atoms with van der Waals surface area (Å²) in [4.78, 5) is 11.9.